The van der Waals surface area contributed by atoms with Gasteiger partial charge in [-0.05, 0) is 59.7 Å². The number of sulfone groups is 1. The minimum absolute atomic E-state index is 0.0202. The Kier molecular flexibility index (Phi) is 5.21. The maximum absolute atomic E-state index is 13.3. The lowest BCUT2D eigenvalue weighted by atomic mass is 10.0. The number of hydrogen-bond donors (Lipinski definition) is 0. The van der Waals surface area contributed by atoms with Crippen LogP contribution >= 0.6 is 0 Å². The van der Waals surface area contributed by atoms with Crippen LogP contribution in [-0.4, -0.2) is 36.2 Å². The maximum Gasteiger partial charge on any atom is 0.264 e. The standard InChI is InChI=1S/C22H18N2O5S2/c1-29-19-7-9-20(10-8-19)31(27,28)24-12-13-30(25,26)22-11-6-18(14-21(22)24)17-4-2-16(15-23)3-5-17/h2-11,14H,12-13H2,1H3. The van der Waals surface area contributed by atoms with Crippen molar-refractivity contribution in [1.29, 1.82) is 5.26 Å². The highest BCUT2D eigenvalue weighted by Gasteiger charge is 2.35. The molecule has 0 fully saturated rings. The van der Waals surface area contributed by atoms with E-state index in [4.69, 9.17) is 10.00 Å². The maximum atomic E-state index is 13.3. The molecule has 0 spiro atoms. The van der Waals surface area contributed by atoms with Crippen molar-refractivity contribution >= 4 is 25.5 Å². The third-order valence-corrected chi connectivity index (χ3v) is 8.68. The van der Waals surface area contributed by atoms with Gasteiger partial charge in [0.2, 0.25) is 0 Å². The molecule has 3 aromatic carbocycles. The van der Waals surface area contributed by atoms with Crippen molar-refractivity contribution in [3.05, 3.63) is 72.3 Å². The molecule has 0 saturated heterocycles. The Bertz CT molecular complexity index is 1390. The molecule has 1 heterocycles. The van der Waals surface area contributed by atoms with Crippen LogP contribution in [0.4, 0.5) is 5.69 Å². The number of fused-ring (bicyclic) bond motifs is 1. The van der Waals surface area contributed by atoms with Crippen LogP contribution in [0.25, 0.3) is 11.1 Å². The predicted molar refractivity (Wildman–Crippen MR) is 116 cm³/mol. The molecule has 0 N–H and O–H groups in total. The lowest BCUT2D eigenvalue weighted by molar-refractivity contribution is 0.414. The van der Waals surface area contributed by atoms with E-state index in [0.717, 1.165) is 9.87 Å². The van der Waals surface area contributed by atoms with E-state index >= 15 is 0 Å². The number of sulfonamides is 1. The molecule has 0 bridgehead atoms. The topological polar surface area (TPSA) is 105 Å². The summed E-state index contributed by atoms with van der Waals surface area (Å²) in [6.45, 7) is -0.180. The number of rotatable bonds is 4. The summed E-state index contributed by atoms with van der Waals surface area (Å²) in [5, 5.41) is 8.98. The van der Waals surface area contributed by atoms with Gasteiger partial charge in [0.1, 0.15) is 5.75 Å². The van der Waals surface area contributed by atoms with E-state index < -0.39 is 19.9 Å². The minimum Gasteiger partial charge on any atom is -0.497 e. The fraction of sp³-hybridized carbons (Fsp3) is 0.136. The fourth-order valence-corrected chi connectivity index (χ4v) is 6.51. The molecule has 1 aliphatic heterocycles. The Balaban J connectivity index is 1.84. The van der Waals surface area contributed by atoms with Gasteiger partial charge in [-0.15, -0.1) is 0 Å². The van der Waals surface area contributed by atoms with E-state index in [1.807, 2.05) is 6.07 Å². The van der Waals surface area contributed by atoms with E-state index in [1.54, 1.807) is 48.5 Å². The summed E-state index contributed by atoms with van der Waals surface area (Å²) in [5.41, 5.74) is 2.00. The van der Waals surface area contributed by atoms with Gasteiger partial charge in [-0.3, -0.25) is 4.31 Å². The van der Waals surface area contributed by atoms with Crippen molar-refractivity contribution < 1.29 is 21.6 Å². The van der Waals surface area contributed by atoms with Gasteiger partial charge in [-0.2, -0.15) is 5.26 Å². The van der Waals surface area contributed by atoms with Crippen molar-refractivity contribution in [3.8, 4) is 22.9 Å². The quantitative estimate of drug-likeness (QED) is 0.599. The van der Waals surface area contributed by atoms with Gasteiger partial charge in [-0.1, -0.05) is 18.2 Å². The molecule has 0 amide bonds. The van der Waals surface area contributed by atoms with Crippen LogP contribution in [0.1, 0.15) is 5.56 Å². The van der Waals surface area contributed by atoms with E-state index in [0.29, 0.717) is 16.9 Å². The van der Waals surface area contributed by atoms with Crippen LogP contribution in [0.2, 0.25) is 0 Å². The molecule has 0 saturated carbocycles. The van der Waals surface area contributed by atoms with Gasteiger partial charge in [0.25, 0.3) is 10.0 Å². The molecule has 31 heavy (non-hydrogen) atoms. The Labute approximate surface area is 181 Å². The summed E-state index contributed by atoms with van der Waals surface area (Å²) < 4.78 is 58.2. The van der Waals surface area contributed by atoms with Gasteiger partial charge in [0, 0.05) is 6.54 Å². The molecule has 0 atom stereocenters. The largest absolute Gasteiger partial charge is 0.497 e. The first-order chi connectivity index (χ1) is 14.8. The number of hydrogen-bond acceptors (Lipinski definition) is 6. The van der Waals surface area contributed by atoms with Crippen molar-refractivity contribution in [3.63, 3.8) is 0 Å². The Morgan fingerprint density at radius 2 is 1.61 bits per heavy atom. The average molecular weight is 455 g/mol. The SMILES string of the molecule is COc1ccc(S(=O)(=O)N2CCS(=O)(=O)c3ccc(-c4ccc(C#N)cc4)cc32)cc1. The number of methoxy groups -OCH3 is 1. The van der Waals surface area contributed by atoms with Gasteiger partial charge in [-0.25, -0.2) is 16.8 Å². The second-order valence-electron chi connectivity index (χ2n) is 6.94. The van der Waals surface area contributed by atoms with Gasteiger partial charge in [0.15, 0.2) is 9.84 Å². The molecule has 1 aliphatic rings. The van der Waals surface area contributed by atoms with E-state index in [2.05, 4.69) is 0 Å². The van der Waals surface area contributed by atoms with Crippen molar-refractivity contribution in [2.24, 2.45) is 0 Å². The van der Waals surface area contributed by atoms with Gasteiger partial charge < -0.3 is 4.74 Å². The van der Waals surface area contributed by atoms with Gasteiger partial charge in [0.05, 0.1) is 40.0 Å². The number of ether oxygens (including phenoxy) is 1. The first-order valence-electron chi connectivity index (χ1n) is 9.30. The molecule has 4 rings (SSSR count). The first kappa shape index (κ1) is 20.9. The second-order valence-corrected chi connectivity index (χ2v) is 10.9. The molecule has 158 valence electrons. The summed E-state index contributed by atoms with van der Waals surface area (Å²) >= 11 is 0. The first-order valence-corrected chi connectivity index (χ1v) is 12.4. The monoisotopic (exact) mass is 454 g/mol. The lowest BCUT2D eigenvalue weighted by Gasteiger charge is -2.30. The lowest BCUT2D eigenvalue weighted by Crippen LogP contribution is -2.39. The molecular weight excluding hydrogens is 436 g/mol. The normalized spacial score (nSPS) is 15.0. The molecular formula is C22H18N2O5S2. The van der Waals surface area contributed by atoms with E-state index in [-0.39, 0.29) is 27.8 Å². The summed E-state index contributed by atoms with van der Waals surface area (Å²) in [6.07, 6.45) is 0. The van der Waals surface area contributed by atoms with Crippen LogP contribution in [0, 0.1) is 11.3 Å². The zero-order valence-electron chi connectivity index (χ0n) is 16.5. The van der Waals surface area contributed by atoms with Gasteiger partial charge >= 0.3 is 0 Å². The molecule has 3 aromatic rings. The van der Waals surface area contributed by atoms with Crippen LogP contribution in [0.15, 0.2) is 76.5 Å². The molecule has 0 unspecified atom stereocenters. The summed E-state index contributed by atoms with van der Waals surface area (Å²) in [5.74, 6) is 0.217. The number of anilines is 1. The average Bonchev–Trinajstić information content (AvgIpc) is 2.78. The highest BCUT2D eigenvalue weighted by Crippen LogP contribution is 2.37. The molecule has 7 nitrogen and oxygen atoms in total. The highest BCUT2D eigenvalue weighted by molar-refractivity contribution is 7.94. The highest BCUT2D eigenvalue weighted by atomic mass is 32.2. The smallest absolute Gasteiger partial charge is 0.264 e. The van der Waals surface area contributed by atoms with Crippen molar-refractivity contribution in [1.82, 2.24) is 0 Å². The third kappa shape index (κ3) is 3.76. The molecule has 9 heteroatoms. The van der Waals surface area contributed by atoms with Crippen molar-refractivity contribution in [2.45, 2.75) is 9.79 Å². The second kappa shape index (κ2) is 7.72. The number of nitriles is 1. The summed E-state index contributed by atoms with van der Waals surface area (Å²) in [7, 11) is -6.11. The summed E-state index contributed by atoms with van der Waals surface area (Å²) in [4.78, 5) is 0.0237. The predicted octanol–water partition coefficient (Wildman–Crippen LogP) is 3.22. The zero-order chi connectivity index (χ0) is 22.2. The molecule has 0 aliphatic carbocycles. The van der Waals surface area contributed by atoms with Crippen LogP contribution < -0.4 is 9.04 Å². The zero-order valence-corrected chi connectivity index (χ0v) is 18.2. The third-order valence-electron chi connectivity index (χ3n) is 5.12. The molecule has 0 aromatic heterocycles. The minimum atomic E-state index is -3.99. The van der Waals surface area contributed by atoms with Crippen molar-refractivity contribution in [2.75, 3.05) is 23.7 Å². The Morgan fingerprint density at radius 1 is 0.968 bits per heavy atom. The number of nitrogens with zero attached hydrogens (tertiary/aromatic N) is 2. The summed E-state index contributed by atoms with van der Waals surface area (Å²) in [6, 6.07) is 19.4. The Morgan fingerprint density at radius 3 is 2.23 bits per heavy atom. The van der Waals surface area contributed by atoms with Crippen LogP contribution in [0.3, 0.4) is 0 Å². The van der Waals surface area contributed by atoms with E-state index in [9.17, 15) is 16.8 Å². The molecule has 0 radical (unpaired) electrons. The Hall–Kier alpha value is -3.35. The number of benzene rings is 3. The van der Waals surface area contributed by atoms with Crippen LogP contribution in [-0.2, 0) is 19.9 Å². The van der Waals surface area contributed by atoms with E-state index in [1.165, 1.54) is 25.3 Å². The van der Waals surface area contributed by atoms with Crippen LogP contribution in [0.5, 0.6) is 5.75 Å². The fourth-order valence-electron chi connectivity index (χ4n) is 3.45.